The highest BCUT2D eigenvalue weighted by atomic mass is 16.4. The number of carboxylic acids is 1. The van der Waals surface area contributed by atoms with E-state index in [1.807, 2.05) is 30.1 Å². The lowest BCUT2D eigenvalue weighted by atomic mass is 10.2. The van der Waals surface area contributed by atoms with Gasteiger partial charge in [0.2, 0.25) is 5.95 Å². The molecule has 3 rings (SSSR count). The lowest BCUT2D eigenvalue weighted by Gasteiger charge is -2.36. The molecule has 1 unspecified atom stereocenters. The van der Waals surface area contributed by atoms with Gasteiger partial charge in [-0.3, -0.25) is 9.69 Å². The summed E-state index contributed by atoms with van der Waals surface area (Å²) in [6, 6.07) is 7.66. The highest BCUT2D eigenvalue weighted by Gasteiger charge is 2.26. The average Bonchev–Trinajstić information content (AvgIpc) is 2.84. The number of aliphatic carboxylic acids is 1. The number of rotatable bonds is 3. The highest BCUT2D eigenvalue weighted by molar-refractivity contribution is 5.78. The van der Waals surface area contributed by atoms with Crippen LogP contribution in [0.4, 0.5) is 5.95 Å². The van der Waals surface area contributed by atoms with Gasteiger partial charge in [-0.1, -0.05) is 12.1 Å². The van der Waals surface area contributed by atoms with Crippen molar-refractivity contribution in [3.05, 3.63) is 24.3 Å². The standard InChI is InChI=1S/C15H20N4O2/c1-11(14(20)21)18-7-9-19(10-8-18)15-16-12-5-3-4-6-13(12)17(15)2/h3-6,11H,7-10H2,1-2H3,(H,20,21). The smallest absolute Gasteiger partial charge is 0.320 e. The predicted octanol–water partition coefficient (Wildman–Crippen LogP) is 1.17. The molecule has 112 valence electrons. The van der Waals surface area contributed by atoms with E-state index in [9.17, 15) is 4.79 Å². The Labute approximate surface area is 123 Å². The van der Waals surface area contributed by atoms with Crippen LogP contribution in [0.3, 0.4) is 0 Å². The number of carbonyl (C=O) groups is 1. The average molecular weight is 288 g/mol. The van der Waals surface area contributed by atoms with Crippen LogP contribution in [-0.2, 0) is 11.8 Å². The van der Waals surface area contributed by atoms with Crippen LogP contribution in [-0.4, -0.2) is 57.7 Å². The number of imidazole rings is 1. The molecule has 2 heterocycles. The first-order chi connectivity index (χ1) is 10.1. The van der Waals surface area contributed by atoms with E-state index >= 15 is 0 Å². The molecule has 1 N–H and O–H groups in total. The third-order valence-corrected chi connectivity index (χ3v) is 4.27. The summed E-state index contributed by atoms with van der Waals surface area (Å²) in [5.74, 6) is 0.199. The zero-order valence-corrected chi connectivity index (χ0v) is 12.4. The summed E-state index contributed by atoms with van der Waals surface area (Å²) in [7, 11) is 2.02. The fourth-order valence-corrected chi connectivity index (χ4v) is 2.88. The number of aromatic nitrogens is 2. The lowest BCUT2D eigenvalue weighted by molar-refractivity contribution is -0.142. The van der Waals surface area contributed by atoms with Crippen LogP contribution >= 0.6 is 0 Å². The fraction of sp³-hybridized carbons (Fsp3) is 0.467. The third-order valence-electron chi connectivity index (χ3n) is 4.27. The minimum Gasteiger partial charge on any atom is -0.480 e. The Bertz CT molecular complexity index is 659. The normalized spacial score (nSPS) is 18.1. The number of hydrogen-bond acceptors (Lipinski definition) is 4. The fourth-order valence-electron chi connectivity index (χ4n) is 2.88. The van der Waals surface area contributed by atoms with Gasteiger partial charge in [-0.15, -0.1) is 0 Å². The maximum atomic E-state index is 11.0. The topological polar surface area (TPSA) is 61.6 Å². The first-order valence-electron chi connectivity index (χ1n) is 7.21. The second-order valence-corrected chi connectivity index (χ2v) is 5.50. The summed E-state index contributed by atoms with van der Waals surface area (Å²) < 4.78 is 2.10. The summed E-state index contributed by atoms with van der Waals surface area (Å²) in [4.78, 5) is 20.0. The maximum absolute atomic E-state index is 11.0. The number of fused-ring (bicyclic) bond motifs is 1. The van der Waals surface area contributed by atoms with E-state index in [2.05, 4.69) is 15.5 Å². The van der Waals surface area contributed by atoms with E-state index in [1.54, 1.807) is 6.92 Å². The highest BCUT2D eigenvalue weighted by Crippen LogP contribution is 2.22. The van der Waals surface area contributed by atoms with Crippen molar-refractivity contribution in [3.8, 4) is 0 Å². The molecule has 0 saturated carbocycles. The molecule has 1 saturated heterocycles. The van der Waals surface area contributed by atoms with Gasteiger partial charge in [0.25, 0.3) is 0 Å². The Balaban J connectivity index is 1.77. The molecular weight excluding hydrogens is 268 g/mol. The molecule has 0 aliphatic carbocycles. The molecule has 1 aliphatic heterocycles. The van der Waals surface area contributed by atoms with Crippen molar-refractivity contribution in [1.29, 1.82) is 0 Å². The van der Waals surface area contributed by atoms with Crippen molar-refractivity contribution in [2.75, 3.05) is 31.1 Å². The second-order valence-electron chi connectivity index (χ2n) is 5.50. The summed E-state index contributed by atoms with van der Waals surface area (Å²) >= 11 is 0. The van der Waals surface area contributed by atoms with Gasteiger partial charge in [0.05, 0.1) is 11.0 Å². The molecule has 1 aromatic carbocycles. The second kappa shape index (κ2) is 5.37. The van der Waals surface area contributed by atoms with Crippen LogP contribution in [0.2, 0.25) is 0 Å². The van der Waals surface area contributed by atoms with Gasteiger partial charge in [0, 0.05) is 33.2 Å². The van der Waals surface area contributed by atoms with Crippen molar-refractivity contribution in [1.82, 2.24) is 14.5 Å². The van der Waals surface area contributed by atoms with Gasteiger partial charge in [0.1, 0.15) is 6.04 Å². The molecule has 6 heteroatoms. The van der Waals surface area contributed by atoms with Crippen molar-refractivity contribution >= 4 is 23.0 Å². The van der Waals surface area contributed by atoms with Gasteiger partial charge in [-0.25, -0.2) is 4.98 Å². The van der Waals surface area contributed by atoms with Crippen molar-refractivity contribution in [2.45, 2.75) is 13.0 Å². The van der Waals surface area contributed by atoms with Gasteiger partial charge in [0.15, 0.2) is 0 Å². The number of piperazine rings is 1. The maximum Gasteiger partial charge on any atom is 0.320 e. The molecule has 0 spiro atoms. The Kier molecular flexibility index (Phi) is 3.55. The SMILES string of the molecule is CC(C(=O)O)N1CCN(c2nc3ccccc3n2C)CC1. The lowest BCUT2D eigenvalue weighted by Crippen LogP contribution is -2.52. The number of carboxylic acid groups (broad SMARTS) is 1. The number of para-hydroxylation sites is 2. The van der Waals surface area contributed by atoms with Crippen LogP contribution in [0, 0.1) is 0 Å². The molecule has 6 nitrogen and oxygen atoms in total. The Hall–Kier alpha value is -2.08. The molecule has 1 aromatic heterocycles. The predicted molar refractivity (Wildman–Crippen MR) is 81.6 cm³/mol. The van der Waals surface area contributed by atoms with Crippen LogP contribution in [0.1, 0.15) is 6.92 Å². The monoisotopic (exact) mass is 288 g/mol. The Morgan fingerprint density at radius 3 is 2.52 bits per heavy atom. The molecule has 0 bridgehead atoms. The molecule has 1 atom stereocenters. The van der Waals surface area contributed by atoms with E-state index in [0.29, 0.717) is 0 Å². The molecule has 2 aromatic rings. The zero-order chi connectivity index (χ0) is 15.0. The van der Waals surface area contributed by atoms with Crippen LogP contribution < -0.4 is 4.90 Å². The molecular formula is C15H20N4O2. The summed E-state index contributed by atoms with van der Waals surface area (Å²) in [6.07, 6.45) is 0. The largest absolute Gasteiger partial charge is 0.480 e. The number of anilines is 1. The summed E-state index contributed by atoms with van der Waals surface area (Å²) in [5, 5.41) is 9.08. The van der Waals surface area contributed by atoms with Crippen molar-refractivity contribution < 1.29 is 9.90 Å². The Morgan fingerprint density at radius 1 is 1.24 bits per heavy atom. The quantitative estimate of drug-likeness (QED) is 0.918. The van der Waals surface area contributed by atoms with Crippen LogP contribution in [0.25, 0.3) is 11.0 Å². The first-order valence-corrected chi connectivity index (χ1v) is 7.21. The van der Waals surface area contributed by atoms with Gasteiger partial charge in [-0.05, 0) is 19.1 Å². The van der Waals surface area contributed by atoms with Gasteiger partial charge < -0.3 is 14.6 Å². The van der Waals surface area contributed by atoms with Gasteiger partial charge in [-0.2, -0.15) is 0 Å². The van der Waals surface area contributed by atoms with Crippen molar-refractivity contribution in [3.63, 3.8) is 0 Å². The Morgan fingerprint density at radius 2 is 1.90 bits per heavy atom. The molecule has 1 aliphatic rings. The minimum atomic E-state index is -0.758. The number of aryl methyl sites for hydroxylation is 1. The van der Waals surface area contributed by atoms with E-state index in [0.717, 1.165) is 43.2 Å². The first kappa shape index (κ1) is 13.9. The van der Waals surface area contributed by atoms with E-state index in [-0.39, 0.29) is 0 Å². The molecule has 1 fully saturated rings. The summed E-state index contributed by atoms with van der Waals surface area (Å²) in [6.45, 7) is 4.84. The van der Waals surface area contributed by atoms with E-state index < -0.39 is 12.0 Å². The molecule has 0 amide bonds. The van der Waals surface area contributed by atoms with Crippen LogP contribution in [0.5, 0.6) is 0 Å². The summed E-state index contributed by atoms with van der Waals surface area (Å²) in [5.41, 5.74) is 2.12. The number of benzene rings is 1. The molecule has 21 heavy (non-hydrogen) atoms. The number of hydrogen-bond donors (Lipinski definition) is 1. The van der Waals surface area contributed by atoms with Crippen LogP contribution in [0.15, 0.2) is 24.3 Å². The number of nitrogens with zero attached hydrogens (tertiary/aromatic N) is 4. The minimum absolute atomic E-state index is 0.424. The zero-order valence-electron chi connectivity index (χ0n) is 12.4. The van der Waals surface area contributed by atoms with Gasteiger partial charge >= 0.3 is 5.97 Å². The third kappa shape index (κ3) is 2.47. The van der Waals surface area contributed by atoms with Crippen molar-refractivity contribution in [2.24, 2.45) is 7.05 Å². The molecule has 0 radical (unpaired) electrons. The van der Waals surface area contributed by atoms with E-state index in [4.69, 9.17) is 10.1 Å². The van der Waals surface area contributed by atoms with E-state index in [1.165, 1.54) is 0 Å².